The van der Waals surface area contributed by atoms with Crippen molar-refractivity contribution in [2.24, 2.45) is 0 Å². The van der Waals surface area contributed by atoms with Crippen molar-refractivity contribution in [1.82, 2.24) is 4.98 Å². The quantitative estimate of drug-likeness (QED) is 0.717. The van der Waals surface area contributed by atoms with Crippen LogP contribution < -0.4 is 5.32 Å². The molecule has 0 aliphatic heterocycles. The van der Waals surface area contributed by atoms with Gasteiger partial charge >= 0.3 is 5.97 Å². The SMILES string of the molecule is CC[C@@H](C)c1ccccc1NC(=O)[C@@H](C)OC(=O)c1cncc(Br)c1. The van der Waals surface area contributed by atoms with Gasteiger partial charge in [0.1, 0.15) is 0 Å². The van der Waals surface area contributed by atoms with E-state index in [1.54, 1.807) is 19.2 Å². The number of aromatic nitrogens is 1. The fourth-order valence-electron chi connectivity index (χ4n) is 2.30. The number of nitrogens with zero attached hydrogens (tertiary/aromatic N) is 1. The molecular formula is C19H21BrN2O3. The number of rotatable bonds is 6. The number of hydrogen-bond donors (Lipinski definition) is 1. The summed E-state index contributed by atoms with van der Waals surface area (Å²) < 4.78 is 5.91. The van der Waals surface area contributed by atoms with Crippen LogP contribution in [0, 0.1) is 0 Å². The molecule has 25 heavy (non-hydrogen) atoms. The Labute approximate surface area is 155 Å². The van der Waals surface area contributed by atoms with Gasteiger partial charge in [-0.05, 0) is 52.9 Å². The van der Waals surface area contributed by atoms with Gasteiger partial charge in [0.25, 0.3) is 5.91 Å². The second-order valence-electron chi connectivity index (χ2n) is 5.83. The molecule has 0 saturated heterocycles. The van der Waals surface area contributed by atoms with E-state index in [2.05, 4.69) is 40.1 Å². The molecule has 1 heterocycles. The van der Waals surface area contributed by atoms with E-state index in [0.29, 0.717) is 10.4 Å². The van der Waals surface area contributed by atoms with E-state index in [-0.39, 0.29) is 11.5 Å². The Morgan fingerprint density at radius 1 is 1.24 bits per heavy atom. The van der Waals surface area contributed by atoms with Crippen molar-refractivity contribution in [2.45, 2.75) is 39.2 Å². The van der Waals surface area contributed by atoms with Crippen LogP contribution in [0.15, 0.2) is 47.2 Å². The summed E-state index contributed by atoms with van der Waals surface area (Å²) in [6, 6.07) is 9.25. The summed E-state index contributed by atoms with van der Waals surface area (Å²) in [5, 5.41) is 2.85. The number of esters is 1. The molecular weight excluding hydrogens is 384 g/mol. The molecule has 0 radical (unpaired) electrons. The third-order valence-electron chi connectivity index (χ3n) is 3.96. The van der Waals surface area contributed by atoms with Gasteiger partial charge in [-0.15, -0.1) is 0 Å². The highest BCUT2D eigenvalue weighted by molar-refractivity contribution is 9.10. The van der Waals surface area contributed by atoms with Gasteiger partial charge in [-0.25, -0.2) is 4.79 Å². The summed E-state index contributed by atoms with van der Waals surface area (Å²) in [5.74, 6) is -0.638. The van der Waals surface area contributed by atoms with Crippen molar-refractivity contribution < 1.29 is 14.3 Å². The molecule has 1 aromatic heterocycles. The number of ether oxygens (including phenoxy) is 1. The maximum absolute atomic E-state index is 12.4. The minimum absolute atomic E-state index is 0.286. The van der Waals surface area contributed by atoms with E-state index in [1.807, 2.05) is 24.3 Å². The van der Waals surface area contributed by atoms with Crippen molar-refractivity contribution >= 4 is 33.5 Å². The number of hydrogen-bond acceptors (Lipinski definition) is 4. The maximum atomic E-state index is 12.4. The Balaban J connectivity index is 2.05. The Morgan fingerprint density at radius 3 is 2.64 bits per heavy atom. The van der Waals surface area contributed by atoms with E-state index >= 15 is 0 Å². The highest BCUT2D eigenvalue weighted by Crippen LogP contribution is 2.26. The number of pyridine rings is 1. The van der Waals surface area contributed by atoms with Crippen LogP contribution >= 0.6 is 15.9 Å². The van der Waals surface area contributed by atoms with E-state index in [1.165, 1.54) is 6.20 Å². The van der Waals surface area contributed by atoms with Crippen LogP contribution in [-0.4, -0.2) is 23.0 Å². The molecule has 2 rings (SSSR count). The minimum atomic E-state index is -0.920. The van der Waals surface area contributed by atoms with Crippen molar-refractivity contribution in [1.29, 1.82) is 0 Å². The molecule has 0 unspecified atom stereocenters. The van der Waals surface area contributed by atoms with Gasteiger partial charge < -0.3 is 10.1 Å². The summed E-state index contributed by atoms with van der Waals surface area (Å²) in [5.41, 5.74) is 2.09. The van der Waals surface area contributed by atoms with Crippen molar-refractivity contribution in [2.75, 3.05) is 5.32 Å². The molecule has 0 fully saturated rings. The number of nitrogens with one attached hydrogen (secondary N) is 1. The number of carbonyl (C=O) groups is 2. The first-order valence-corrected chi connectivity index (χ1v) is 8.93. The first kappa shape index (κ1) is 19.1. The largest absolute Gasteiger partial charge is 0.449 e. The maximum Gasteiger partial charge on any atom is 0.340 e. The zero-order valence-electron chi connectivity index (χ0n) is 14.5. The Bertz CT molecular complexity index is 764. The van der Waals surface area contributed by atoms with Crippen LogP contribution in [-0.2, 0) is 9.53 Å². The average Bonchev–Trinajstić information content (AvgIpc) is 2.61. The molecule has 1 aromatic carbocycles. The van der Waals surface area contributed by atoms with E-state index in [4.69, 9.17) is 4.74 Å². The monoisotopic (exact) mass is 404 g/mol. The number of carbonyl (C=O) groups excluding carboxylic acids is 2. The summed E-state index contributed by atoms with van der Waals surface area (Å²) in [6.45, 7) is 5.75. The lowest BCUT2D eigenvalue weighted by Gasteiger charge is -2.18. The number of anilines is 1. The smallest absolute Gasteiger partial charge is 0.340 e. The third kappa shape index (κ3) is 5.13. The normalized spacial score (nSPS) is 13.0. The zero-order chi connectivity index (χ0) is 18.4. The molecule has 0 spiro atoms. The lowest BCUT2D eigenvalue weighted by atomic mass is 9.97. The molecule has 1 N–H and O–H groups in total. The molecule has 1 amide bonds. The lowest BCUT2D eigenvalue weighted by molar-refractivity contribution is -0.123. The molecule has 6 heteroatoms. The fourth-order valence-corrected chi connectivity index (χ4v) is 2.67. The van der Waals surface area contributed by atoms with Gasteiger partial charge in [0.2, 0.25) is 0 Å². The third-order valence-corrected chi connectivity index (χ3v) is 4.39. The zero-order valence-corrected chi connectivity index (χ0v) is 16.0. The molecule has 2 atom stereocenters. The average molecular weight is 405 g/mol. The van der Waals surface area contributed by atoms with E-state index in [9.17, 15) is 9.59 Å². The lowest BCUT2D eigenvalue weighted by Crippen LogP contribution is -2.30. The molecule has 0 aliphatic carbocycles. The van der Waals surface area contributed by atoms with Crippen molar-refractivity contribution in [3.63, 3.8) is 0 Å². The summed E-state index contributed by atoms with van der Waals surface area (Å²) >= 11 is 3.25. The second-order valence-corrected chi connectivity index (χ2v) is 6.74. The number of amides is 1. The first-order valence-electron chi connectivity index (χ1n) is 8.13. The van der Waals surface area contributed by atoms with Crippen LogP contribution in [0.4, 0.5) is 5.69 Å². The predicted molar refractivity (Wildman–Crippen MR) is 101 cm³/mol. The summed E-state index contributed by atoms with van der Waals surface area (Å²) in [4.78, 5) is 28.4. The highest BCUT2D eigenvalue weighted by atomic mass is 79.9. The number of halogens is 1. The summed E-state index contributed by atoms with van der Waals surface area (Å²) in [7, 11) is 0. The highest BCUT2D eigenvalue weighted by Gasteiger charge is 2.20. The van der Waals surface area contributed by atoms with Gasteiger partial charge in [-0.1, -0.05) is 32.0 Å². The van der Waals surface area contributed by atoms with Crippen molar-refractivity contribution in [3.05, 3.63) is 58.3 Å². The first-order chi connectivity index (χ1) is 11.9. The summed E-state index contributed by atoms with van der Waals surface area (Å²) in [6.07, 6.45) is 3.01. The number of benzene rings is 1. The molecule has 2 aromatic rings. The van der Waals surface area contributed by atoms with Gasteiger partial charge in [0.15, 0.2) is 6.10 Å². The van der Waals surface area contributed by atoms with Gasteiger partial charge in [0.05, 0.1) is 5.56 Å². The molecule has 132 valence electrons. The standard InChI is InChI=1S/C19H21BrN2O3/c1-4-12(2)16-7-5-6-8-17(16)22-18(23)13(3)25-19(24)14-9-15(20)11-21-10-14/h5-13H,4H2,1-3H3,(H,22,23)/t12-,13-/m1/s1. The van der Waals surface area contributed by atoms with Crippen LogP contribution in [0.25, 0.3) is 0 Å². The molecule has 0 saturated carbocycles. The molecule has 0 aliphatic rings. The van der Waals surface area contributed by atoms with Crippen LogP contribution in [0.3, 0.4) is 0 Å². The van der Waals surface area contributed by atoms with Gasteiger partial charge in [-0.3, -0.25) is 9.78 Å². The molecule has 0 bridgehead atoms. The second kappa shape index (κ2) is 8.76. The topological polar surface area (TPSA) is 68.3 Å². The van der Waals surface area contributed by atoms with Crippen molar-refractivity contribution in [3.8, 4) is 0 Å². The van der Waals surface area contributed by atoms with E-state index in [0.717, 1.165) is 17.7 Å². The van der Waals surface area contributed by atoms with Crippen LogP contribution in [0.2, 0.25) is 0 Å². The Kier molecular flexibility index (Phi) is 6.70. The van der Waals surface area contributed by atoms with E-state index < -0.39 is 12.1 Å². The molecule has 5 nitrogen and oxygen atoms in total. The Hall–Kier alpha value is -2.21. The number of para-hydroxylation sites is 1. The van der Waals surface area contributed by atoms with Crippen LogP contribution in [0.5, 0.6) is 0 Å². The van der Waals surface area contributed by atoms with Crippen LogP contribution in [0.1, 0.15) is 49.0 Å². The predicted octanol–water partition coefficient (Wildman–Crippen LogP) is 4.54. The Morgan fingerprint density at radius 2 is 1.96 bits per heavy atom. The fraction of sp³-hybridized carbons (Fsp3) is 0.316. The minimum Gasteiger partial charge on any atom is -0.449 e. The van der Waals surface area contributed by atoms with Gasteiger partial charge in [-0.2, -0.15) is 0 Å². The van der Waals surface area contributed by atoms with Gasteiger partial charge in [0, 0.05) is 22.6 Å².